The fourth-order valence-electron chi connectivity index (χ4n) is 2.63. The lowest BCUT2D eigenvalue weighted by Crippen LogP contribution is -2.47. The van der Waals surface area contributed by atoms with Gasteiger partial charge in [0.2, 0.25) is 0 Å². The molecule has 0 saturated carbocycles. The third kappa shape index (κ3) is 3.47. The highest BCUT2D eigenvalue weighted by Gasteiger charge is 2.35. The Kier molecular flexibility index (Phi) is 5.38. The quantitative estimate of drug-likeness (QED) is 0.837. The first-order valence-electron chi connectivity index (χ1n) is 7.30. The van der Waals surface area contributed by atoms with Crippen molar-refractivity contribution in [3.8, 4) is 5.75 Å². The fourth-order valence-corrected chi connectivity index (χ4v) is 2.63. The Bertz CT molecular complexity index is 659. The molecule has 0 bridgehead atoms. The zero-order valence-electron chi connectivity index (χ0n) is 13.5. The first kappa shape index (κ1) is 17.7. The molecular weight excluding hydrogens is 322 g/mol. The first-order chi connectivity index (χ1) is 11.4. The number of nitrogens with zero attached hydrogens (tertiary/aromatic N) is 1. The van der Waals surface area contributed by atoms with Crippen LogP contribution in [0.1, 0.15) is 25.5 Å². The summed E-state index contributed by atoms with van der Waals surface area (Å²) in [5, 5.41) is 2.73. The number of carbonyl (C=O) groups excluding carboxylic acids is 2. The van der Waals surface area contributed by atoms with Crippen LogP contribution in [0.5, 0.6) is 5.75 Å². The highest BCUT2D eigenvalue weighted by molar-refractivity contribution is 5.94. The number of carbonyl (C=O) groups is 2. The van der Waals surface area contributed by atoms with Gasteiger partial charge in [-0.1, -0.05) is 12.1 Å². The molecule has 6 nitrogen and oxygen atoms in total. The van der Waals surface area contributed by atoms with Crippen LogP contribution in [0.15, 0.2) is 35.5 Å². The van der Waals surface area contributed by atoms with Crippen LogP contribution in [-0.2, 0) is 9.53 Å². The Hall–Kier alpha value is -2.64. The van der Waals surface area contributed by atoms with Crippen molar-refractivity contribution in [1.82, 2.24) is 10.2 Å². The number of amides is 2. The Morgan fingerprint density at radius 2 is 1.96 bits per heavy atom. The molecule has 1 heterocycles. The molecule has 1 aliphatic rings. The second kappa shape index (κ2) is 7.29. The summed E-state index contributed by atoms with van der Waals surface area (Å²) in [5.41, 5.74) is 1.34. The average Bonchev–Trinajstić information content (AvgIpc) is 2.54. The fraction of sp³-hybridized carbons (Fsp3) is 0.375. The molecule has 0 saturated heterocycles. The van der Waals surface area contributed by atoms with Gasteiger partial charge >= 0.3 is 18.6 Å². The maximum Gasteiger partial charge on any atom is 0.387 e. The van der Waals surface area contributed by atoms with Crippen LogP contribution in [0.4, 0.5) is 13.6 Å². The molecule has 8 heteroatoms. The molecule has 1 aromatic rings. The van der Waals surface area contributed by atoms with E-state index in [9.17, 15) is 18.4 Å². The summed E-state index contributed by atoms with van der Waals surface area (Å²) in [6, 6.07) is 4.66. The maximum atomic E-state index is 12.2. The summed E-state index contributed by atoms with van der Waals surface area (Å²) in [6.07, 6.45) is 0. The van der Waals surface area contributed by atoms with E-state index in [1.165, 1.54) is 36.3 Å². The molecular formula is C16H18F2N2O4. The van der Waals surface area contributed by atoms with Crippen LogP contribution in [0, 0.1) is 0 Å². The van der Waals surface area contributed by atoms with Gasteiger partial charge in [-0.2, -0.15) is 8.78 Å². The van der Waals surface area contributed by atoms with Gasteiger partial charge in [-0.3, -0.25) is 4.90 Å². The number of hydrogen-bond donors (Lipinski definition) is 1. The number of benzene rings is 1. The van der Waals surface area contributed by atoms with Crippen LogP contribution < -0.4 is 10.1 Å². The van der Waals surface area contributed by atoms with Crippen molar-refractivity contribution in [3.05, 3.63) is 41.1 Å². The number of methoxy groups -OCH3 is 1. The Morgan fingerprint density at radius 1 is 1.33 bits per heavy atom. The minimum absolute atomic E-state index is 0.00797. The SMILES string of the molecule is CCN1C(=O)N[C@@H](c2ccc(OC(F)F)cc2)C(C(=O)OC)=C1C. The molecule has 2 rings (SSSR count). The normalized spacial score (nSPS) is 17.8. The van der Waals surface area contributed by atoms with E-state index in [0.717, 1.165) is 0 Å². The molecule has 0 fully saturated rings. The Morgan fingerprint density at radius 3 is 2.46 bits per heavy atom. The molecule has 1 atom stereocenters. The summed E-state index contributed by atoms with van der Waals surface area (Å²) in [4.78, 5) is 25.8. The van der Waals surface area contributed by atoms with Gasteiger partial charge in [0, 0.05) is 12.2 Å². The monoisotopic (exact) mass is 340 g/mol. The summed E-state index contributed by atoms with van der Waals surface area (Å²) in [5.74, 6) is -0.574. The number of urea groups is 1. The number of hydrogen-bond acceptors (Lipinski definition) is 4. The number of rotatable bonds is 5. The summed E-state index contributed by atoms with van der Waals surface area (Å²) in [6.45, 7) is 0.924. The van der Waals surface area contributed by atoms with Gasteiger partial charge in [-0.15, -0.1) is 0 Å². The zero-order valence-corrected chi connectivity index (χ0v) is 13.5. The van der Waals surface area contributed by atoms with Crippen molar-refractivity contribution >= 4 is 12.0 Å². The van der Waals surface area contributed by atoms with E-state index in [4.69, 9.17) is 4.74 Å². The lowest BCUT2D eigenvalue weighted by molar-refractivity contribution is -0.136. The second-order valence-corrected chi connectivity index (χ2v) is 5.06. The minimum atomic E-state index is -2.92. The number of nitrogens with one attached hydrogen (secondary N) is 1. The van der Waals surface area contributed by atoms with Gasteiger partial charge < -0.3 is 14.8 Å². The van der Waals surface area contributed by atoms with Crippen molar-refractivity contribution in [3.63, 3.8) is 0 Å². The first-order valence-corrected chi connectivity index (χ1v) is 7.30. The third-order valence-electron chi connectivity index (χ3n) is 3.76. The van der Waals surface area contributed by atoms with Crippen LogP contribution >= 0.6 is 0 Å². The number of alkyl halides is 2. The molecule has 1 aromatic carbocycles. The molecule has 2 amide bonds. The molecule has 0 aromatic heterocycles. The topological polar surface area (TPSA) is 67.9 Å². The molecule has 1 aliphatic heterocycles. The smallest absolute Gasteiger partial charge is 0.387 e. The number of esters is 1. The van der Waals surface area contributed by atoms with Crippen molar-refractivity contribution in [2.45, 2.75) is 26.5 Å². The van der Waals surface area contributed by atoms with E-state index in [-0.39, 0.29) is 11.8 Å². The second-order valence-electron chi connectivity index (χ2n) is 5.06. The van der Waals surface area contributed by atoms with Crippen molar-refractivity contribution < 1.29 is 27.8 Å². The van der Waals surface area contributed by atoms with Gasteiger partial charge in [0.25, 0.3) is 0 Å². The molecule has 0 aliphatic carbocycles. The predicted molar refractivity (Wildman–Crippen MR) is 81.4 cm³/mol. The lowest BCUT2D eigenvalue weighted by Gasteiger charge is -2.34. The van der Waals surface area contributed by atoms with E-state index >= 15 is 0 Å². The van der Waals surface area contributed by atoms with E-state index in [1.807, 2.05) is 0 Å². The van der Waals surface area contributed by atoms with Gasteiger partial charge in [0.05, 0.1) is 18.7 Å². The Labute approximate surface area is 138 Å². The summed E-state index contributed by atoms with van der Waals surface area (Å²) < 4.78 is 33.6. The van der Waals surface area contributed by atoms with E-state index < -0.39 is 18.6 Å². The molecule has 1 N–H and O–H groups in total. The standard InChI is InChI=1S/C16H18F2N2O4/c1-4-20-9(2)12(14(21)23-3)13(19-16(20)22)10-5-7-11(8-6-10)24-15(17)18/h5-8,13,15H,4H2,1-3H3,(H,19,22)/t13-/m0/s1. The zero-order chi connectivity index (χ0) is 17.9. The third-order valence-corrected chi connectivity index (χ3v) is 3.76. The summed E-state index contributed by atoms with van der Waals surface area (Å²) in [7, 11) is 1.26. The highest BCUT2D eigenvalue weighted by Crippen LogP contribution is 2.32. The summed E-state index contributed by atoms with van der Waals surface area (Å²) >= 11 is 0. The van der Waals surface area contributed by atoms with E-state index in [2.05, 4.69) is 10.1 Å². The highest BCUT2D eigenvalue weighted by atomic mass is 19.3. The van der Waals surface area contributed by atoms with Gasteiger partial charge in [-0.05, 0) is 31.5 Å². The van der Waals surface area contributed by atoms with Crippen LogP contribution in [0.3, 0.4) is 0 Å². The largest absolute Gasteiger partial charge is 0.466 e. The van der Waals surface area contributed by atoms with E-state index in [1.54, 1.807) is 13.8 Å². The maximum absolute atomic E-state index is 12.2. The molecule has 24 heavy (non-hydrogen) atoms. The number of allylic oxidation sites excluding steroid dienone is 1. The molecule has 0 spiro atoms. The van der Waals surface area contributed by atoms with Gasteiger partial charge in [0.1, 0.15) is 5.75 Å². The van der Waals surface area contributed by atoms with Crippen LogP contribution in [-0.4, -0.2) is 37.2 Å². The molecule has 0 unspecified atom stereocenters. The predicted octanol–water partition coefficient (Wildman–Crippen LogP) is 2.82. The molecule has 130 valence electrons. The van der Waals surface area contributed by atoms with Gasteiger partial charge in [-0.25, -0.2) is 9.59 Å². The average molecular weight is 340 g/mol. The van der Waals surface area contributed by atoms with Crippen molar-refractivity contribution in [1.29, 1.82) is 0 Å². The van der Waals surface area contributed by atoms with Crippen molar-refractivity contribution in [2.24, 2.45) is 0 Å². The number of ether oxygens (including phenoxy) is 2. The minimum Gasteiger partial charge on any atom is -0.466 e. The van der Waals surface area contributed by atoms with Crippen LogP contribution in [0.25, 0.3) is 0 Å². The van der Waals surface area contributed by atoms with Gasteiger partial charge in [0.15, 0.2) is 0 Å². The lowest BCUT2D eigenvalue weighted by atomic mass is 9.95. The number of halogens is 2. The van der Waals surface area contributed by atoms with Crippen LogP contribution in [0.2, 0.25) is 0 Å². The Balaban J connectivity index is 2.41. The van der Waals surface area contributed by atoms with Crippen molar-refractivity contribution in [2.75, 3.05) is 13.7 Å². The molecule has 0 radical (unpaired) electrons. The van der Waals surface area contributed by atoms with E-state index in [0.29, 0.717) is 23.4 Å².